The Morgan fingerprint density at radius 1 is 1.37 bits per heavy atom. The number of halogens is 1. The Bertz CT molecular complexity index is 476. The average Bonchev–Trinajstić information content (AvgIpc) is 3.13. The Hall–Kier alpha value is -0.380. The fourth-order valence-corrected chi connectivity index (χ4v) is 4.30. The van der Waals surface area contributed by atoms with Crippen molar-refractivity contribution in [2.75, 3.05) is 20.6 Å². The van der Waals surface area contributed by atoms with Crippen LogP contribution in [0.2, 0.25) is 0 Å². The van der Waals surface area contributed by atoms with Crippen molar-refractivity contribution < 1.29 is 5.11 Å². The fourth-order valence-electron chi connectivity index (χ4n) is 3.90. The van der Waals surface area contributed by atoms with Crippen LogP contribution in [-0.2, 0) is 5.60 Å². The highest BCUT2D eigenvalue weighted by Gasteiger charge is 2.59. The Kier molecular flexibility index (Phi) is 3.48. The van der Waals surface area contributed by atoms with E-state index in [0.29, 0.717) is 11.8 Å². The van der Waals surface area contributed by atoms with E-state index >= 15 is 0 Å². The van der Waals surface area contributed by atoms with Gasteiger partial charge in [0.2, 0.25) is 0 Å². The van der Waals surface area contributed by atoms with Crippen molar-refractivity contribution in [3.8, 4) is 0 Å². The molecule has 104 valence electrons. The quantitative estimate of drug-likeness (QED) is 0.923. The average molecular weight is 324 g/mol. The van der Waals surface area contributed by atoms with Crippen molar-refractivity contribution in [1.82, 2.24) is 4.90 Å². The lowest BCUT2D eigenvalue weighted by Crippen LogP contribution is -2.45. The molecule has 4 atom stereocenters. The van der Waals surface area contributed by atoms with Crippen LogP contribution in [0.4, 0.5) is 0 Å². The van der Waals surface area contributed by atoms with E-state index in [-0.39, 0.29) is 0 Å². The maximum absolute atomic E-state index is 11.4. The topological polar surface area (TPSA) is 23.5 Å². The van der Waals surface area contributed by atoms with Crippen molar-refractivity contribution in [2.45, 2.75) is 24.9 Å². The van der Waals surface area contributed by atoms with E-state index < -0.39 is 5.60 Å². The second-order valence-corrected chi connectivity index (χ2v) is 7.39. The Labute approximate surface area is 123 Å². The molecular formula is C16H22BrNO. The second kappa shape index (κ2) is 4.87. The summed E-state index contributed by atoms with van der Waals surface area (Å²) in [5.74, 6) is 1.57. The molecule has 1 aromatic carbocycles. The largest absolute Gasteiger partial charge is 0.385 e. The van der Waals surface area contributed by atoms with E-state index in [9.17, 15) is 5.11 Å². The first-order chi connectivity index (χ1) is 9.01. The summed E-state index contributed by atoms with van der Waals surface area (Å²) in [5, 5.41) is 11.4. The molecule has 0 spiro atoms. The minimum atomic E-state index is -0.628. The number of hydrogen-bond donors (Lipinski definition) is 1. The van der Waals surface area contributed by atoms with Gasteiger partial charge in [0.1, 0.15) is 0 Å². The monoisotopic (exact) mass is 323 g/mol. The molecule has 3 heteroatoms. The molecule has 2 aliphatic carbocycles. The number of aliphatic hydroxyl groups is 1. The van der Waals surface area contributed by atoms with Crippen LogP contribution in [0.1, 0.15) is 24.8 Å². The van der Waals surface area contributed by atoms with Crippen molar-refractivity contribution in [2.24, 2.45) is 17.8 Å². The van der Waals surface area contributed by atoms with Gasteiger partial charge in [-0.1, -0.05) is 28.1 Å². The Balaban J connectivity index is 1.96. The van der Waals surface area contributed by atoms with Crippen molar-refractivity contribution in [3.63, 3.8) is 0 Å². The first-order valence-corrected chi connectivity index (χ1v) is 7.94. The van der Waals surface area contributed by atoms with E-state index in [4.69, 9.17) is 0 Å². The molecule has 1 aromatic rings. The highest BCUT2D eigenvalue weighted by molar-refractivity contribution is 9.10. The van der Waals surface area contributed by atoms with Gasteiger partial charge in [0, 0.05) is 16.9 Å². The van der Waals surface area contributed by atoms with E-state index in [2.05, 4.69) is 47.1 Å². The smallest absolute Gasteiger partial charge is 0.0967 e. The standard InChI is InChI=1S/C16H22BrNO/c1-18(2)10-13-7-6-11-8-15(11)16(13,19)12-4-3-5-14(17)9-12/h3-5,9,11,13,15,19H,6-8,10H2,1-2H3/t11-,13-,15+,16+/m1/s1. The molecule has 2 fully saturated rings. The zero-order valence-electron chi connectivity index (χ0n) is 11.6. The van der Waals surface area contributed by atoms with E-state index in [1.807, 2.05) is 12.1 Å². The summed E-state index contributed by atoms with van der Waals surface area (Å²) < 4.78 is 1.06. The lowest BCUT2D eigenvalue weighted by atomic mass is 9.71. The summed E-state index contributed by atoms with van der Waals surface area (Å²) in [6, 6.07) is 8.26. The maximum Gasteiger partial charge on any atom is 0.0967 e. The van der Waals surface area contributed by atoms with Gasteiger partial charge in [0.25, 0.3) is 0 Å². The predicted octanol–water partition coefficient (Wildman–Crippen LogP) is 3.24. The summed E-state index contributed by atoms with van der Waals surface area (Å²) in [5.41, 5.74) is 0.470. The van der Waals surface area contributed by atoms with Gasteiger partial charge in [-0.15, -0.1) is 0 Å². The van der Waals surface area contributed by atoms with Crippen LogP contribution in [0.25, 0.3) is 0 Å². The molecule has 3 rings (SSSR count). The third kappa shape index (κ3) is 2.37. The summed E-state index contributed by atoms with van der Waals surface area (Å²) in [6.45, 7) is 0.965. The lowest BCUT2D eigenvalue weighted by molar-refractivity contribution is -0.0750. The van der Waals surface area contributed by atoms with Crippen LogP contribution in [0, 0.1) is 17.8 Å². The Morgan fingerprint density at radius 3 is 2.84 bits per heavy atom. The van der Waals surface area contributed by atoms with Gasteiger partial charge in [-0.05, 0) is 62.9 Å². The molecule has 1 N–H and O–H groups in total. The molecule has 0 amide bonds. The van der Waals surface area contributed by atoms with Gasteiger partial charge in [-0.3, -0.25) is 0 Å². The number of rotatable bonds is 3. The van der Waals surface area contributed by atoms with Crippen molar-refractivity contribution in [1.29, 1.82) is 0 Å². The van der Waals surface area contributed by atoms with Gasteiger partial charge in [0.05, 0.1) is 5.60 Å². The molecule has 0 heterocycles. The van der Waals surface area contributed by atoms with Gasteiger partial charge in [-0.2, -0.15) is 0 Å². The molecule has 19 heavy (non-hydrogen) atoms. The molecule has 0 unspecified atom stereocenters. The zero-order valence-corrected chi connectivity index (χ0v) is 13.2. The molecule has 0 bridgehead atoms. The van der Waals surface area contributed by atoms with Gasteiger partial charge < -0.3 is 10.0 Å². The summed E-state index contributed by atoms with van der Waals surface area (Å²) in [4.78, 5) is 2.20. The number of hydrogen-bond acceptors (Lipinski definition) is 2. The molecular weight excluding hydrogens is 302 g/mol. The molecule has 0 aromatic heterocycles. The van der Waals surface area contributed by atoms with E-state index in [1.54, 1.807) is 0 Å². The lowest BCUT2D eigenvalue weighted by Gasteiger charge is -2.42. The molecule has 0 aliphatic heterocycles. The minimum Gasteiger partial charge on any atom is -0.385 e. The highest BCUT2D eigenvalue weighted by atomic mass is 79.9. The maximum atomic E-state index is 11.4. The molecule has 2 saturated carbocycles. The SMILES string of the molecule is CN(C)C[C@H]1CC[C@@H]2C[C@@H]2[C@]1(O)c1cccc(Br)c1. The minimum absolute atomic E-state index is 0.348. The second-order valence-electron chi connectivity index (χ2n) is 6.47. The molecule has 0 saturated heterocycles. The number of benzene rings is 1. The van der Waals surface area contributed by atoms with Crippen LogP contribution in [0.3, 0.4) is 0 Å². The van der Waals surface area contributed by atoms with E-state index in [1.165, 1.54) is 12.8 Å². The van der Waals surface area contributed by atoms with Crippen LogP contribution in [-0.4, -0.2) is 30.6 Å². The number of nitrogens with zero attached hydrogens (tertiary/aromatic N) is 1. The van der Waals surface area contributed by atoms with Gasteiger partial charge >= 0.3 is 0 Å². The molecule has 2 nitrogen and oxygen atoms in total. The third-order valence-electron chi connectivity index (χ3n) is 4.87. The van der Waals surface area contributed by atoms with Crippen LogP contribution in [0.5, 0.6) is 0 Å². The molecule has 0 radical (unpaired) electrons. The first kappa shape index (κ1) is 13.6. The third-order valence-corrected chi connectivity index (χ3v) is 5.36. The summed E-state index contributed by atoms with van der Waals surface area (Å²) in [7, 11) is 4.20. The van der Waals surface area contributed by atoms with Gasteiger partial charge in [-0.25, -0.2) is 0 Å². The first-order valence-electron chi connectivity index (χ1n) is 7.15. The molecule has 2 aliphatic rings. The normalized spacial score (nSPS) is 37.2. The van der Waals surface area contributed by atoms with Crippen molar-refractivity contribution >= 4 is 15.9 Å². The Morgan fingerprint density at radius 2 is 2.16 bits per heavy atom. The van der Waals surface area contributed by atoms with Crippen LogP contribution >= 0.6 is 15.9 Å². The summed E-state index contributed by atoms with van der Waals surface area (Å²) in [6.07, 6.45) is 3.63. The van der Waals surface area contributed by atoms with Crippen LogP contribution in [0.15, 0.2) is 28.7 Å². The van der Waals surface area contributed by atoms with Gasteiger partial charge in [0.15, 0.2) is 0 Å². The predicted molar refractivity (Wildman–Crippen MR) is 80.9 cm³/mol. The van der Waals surface area contributed by atoms with Crippen LogP contribution < -0.4 is 0 Å². The highest BCUT2D eigenvalue weighted by Crippen LogP contribution is 2.61. The summed E-state index contributed by atoms with van der Waals surface area (Å²) >= 11 is 3.54. The fraction of sp³-hybridized carbons (Fsp3) is 0.625. The number of fused-ring (bicyclic) bond motifs is 1. The zero-order chi connectivity index (χ0) is 13.6. The van der Waals surface area contributed by atoms with E-state index in [0.717, 1.165) is 28.9 Å². The van der Waals surface area contributed by atoms with Crippen molar-refractivity contribution in [3.05, 3.63) is 34.3 Å².